The molecular formula is C24H32N6O2. The fourth-order valence-corrected chi connectivity index (χ4v) is 4.71. The van der Waals surface area contributed by atoms with E-state index in [4.69, 9.17) is 0 Å². The SMILES string of the molecule is CCN1C(=O)Nc2cc(CN3CCN(c4ccc(C(=O)NC)nc4)CC3)ccc2C1(C)C. The Balaban J connectivity index is 1.38. The van der Waals surface area contributed by atoms with Crippen LogP contribution in [-0.4, -0.2) is 66.5 Å². The lowest BCUT2D eigenvalue weighted by molar-refractivity contribution is 0.0958. The van der Waals surface area contributed by atoms with Gasteiger partial charge < -0.3 is 20.4 Å². The van der Waals surface area contributed by atoms with Crippen molar-refractivity contribution in [2.24, 2.45) is 0 Å². The van der Waals surface area contributed by atoms with Crippen LogP contribution in [0.15, 0.2) is 36.5 Å². The first kappa shape index (κ1) is 22.1. The van der Waals surface area contributed by atoms with Gasteiger partial charge in [-0.15, -0.1) is 0 Å². The second-order valence-electron chi connectivity index (χ2n) is 8.86. The second kappa shape index (κ2) is 8.78. The van der Waals surface area contributed by atoms with Crippen LogP contribution >= 0.6 is 0 Å². The van der Waals surface area contributed by atoms with Gasteiger partial charge >= 0.3 is 6.03 Å². The quantitative estimate of drug-likeness (QED) is 0.753. The number of hydrogen-bond acceptors (Lipinski definition) is 5. The van der Waals surface area contributed by atoms with Gasteiger partial charge in [0.1, 0.15) is 5.69 Å². The van der Waals surface area contributed by atoms with E-state index < -0.39 is 0 Å². The Bertz CT molecular complexity index is 996. The zero-order valence-corrected chi connectivity index (χ0v) is 19.3. The van der Waals surface area contributed by atoms with Gasteiger partial charge in [-0.1, -0.05) is 12.1 Å². The molecule has 2 aliphatic rings. The lowest BCUT2D eigenvalue weighted by Crippen LogP contribution is -2.51. The van der Waals surface area contributed by atoms with Gasteiger partial charge in [0.15, 0.2) is 0 Å². The van der Waals surface area contributed by atoms with E-state index >= 15 is 0 Å². The molecule has 0 bridgehead atoms. The summed E-state index contributed by atoms with van der Waals surface area (Å²) < 4.78 is 0. The summed E-state index contributed by atoms with van der Waals surface area (Å²) in [6.07, 6.45) is 1.77. The number of benzene rings is 1. The predicted molar refractivity (Wildman–Crippen MR) is 126 cm³/mol. The Hall–Kier alpha value is -3.13. The van der Waals surface area contributed by atoms with E-state index in [0.29, 0.717) is 12.2 Å². The molecule has 0 aliphatic carbocycles. The molecule has 0 saturated carbocycles. The summed E-state index contributed by atoms with van der Waals surface area (Å²) >= 11 is 0. The van der Waals surface area contributed by atoms with E-state index in [1.165, 1.54) is 5.56 Å². The molecule has 0 unspecified atom stereocenters. The highest BCUT2D eigenvalue weighted by Crippen LogP contribution is 2.38. The van der Waals surface area contributed by atoms with Crippen LogP contribution in [0.3, 0.4) is 0 Å². The molecule has 1 fully saturated rings. The Morgan fingerprint density at radius 2 is 1.91 bits per heavy atom. The molecule has 2 aliphatic heterocycles. The highest BCUT2D eigenvalue weighted by molar-refractivity contribution is 5.94. The Morgan fingerprint density at radius 1 is 1.16 bits per heavy atom. The van der Waals surface area contributed by atoms with Crippen LogP contribution in [-0.2, 0) is 12.1 Å². The number of carbonyl (C=O) groups excluding carboxylic acids is 2. The van der Waals surface area contributed by atoms with Crippen LogP contribution in [0.4, 0.5) is 16.2 Å². The Labute approximate surface area is 189 Å². The van der Waals surface area contributed by atoms with Crippen molar-refractivity contribution in [2.75, 3.05) is 50.0 Å². The molecule has 3 heterocycles. The zero-order valence-electron chi connectivity index (χ0n) is 19.3. The molecule has 170 valence electrons. The number of anilines is 2. The smallest absolute Gasteiger partial charge is 0.322 e. The van der Waals surface area contributed by atoms with Gasteiger partial charge in [0.25, 0.3) is 5.91 Å². The summed E-state index contributed by atoms with van der Waals surface area (Å²) in [4.78, 5) is 35.1. The lowest BCUT2D eigenvalue weighted by atomic mass is 9.88. The largest absolute Gasteiger partial charge is 0.368 e. The number of rotatable bonds is 5. The van der Waals surface area contributed by atoms with Gasteiger partial charge in [-0.3, -0.25) is 9.69 Å². The molecule has 32 heavy (non-hydrogen) atoms. The summed E-state index contributed by atoms with van der Waals surface area (Å²) in [7, 11) is 1.61. The van der Waals surface area contributed by atoms with Crippen LogP contribution in [0, 0.1) is 0 Å². The first-order valence-corrected chi connectivity index (χ1v) is 11.2. The molecule has 2 aromatic rings. The number of aromatic nitrogens is 1. The normalized spacial score (nSPS) is 18.2. The minimum absolute atomic E-state index is 0.0354. The number of pyridine rings is 1. The first-order valence-electron chi connectivity index (χ1n) is 11.2. The minimum Gasteiger partial charge on any atom is -0.368 e. The van der Waals surface area contributed by atoms with Crippen LogP contribution in [0.1, 0.15) is 42.4 Å². The van der Waals surface area contributed by atoms with E-state index in [2.05, 4.69) is 57.5 Å². The molecule has 2 N–H and O–H groups in total. The van der Waals surface area contributed by atoms with Crippen LogP contribution in [0.5, 0.6) is 0 Å². The van der Waals surface area contributed by atoms with Gasteiger partial charge in [0.2, 0.25) is 0 Å². The molecule has 1 aromatic carbocycles. The average Bonchev–Trinajstić information content (AvgIpc) is 2.79. The minimum atomic E-state index is -0.321. The van der Waals surface area contributed by atoms with Crippen LogP contribution in [0.2, 0.25) is 0 Å². The highest BCUT2D eigenvalue weighted by Gasteiger charge is 2.38. The third-order valence-electron chi connectivity index (χ3n) is 6.57. The summed E-state index contributed by atoms with van der Waals surface area (Å²) in [5.41, 5.74) is 4.42. The summed E-state index contributed by atoms with van der Waals surface area (Å²) in [6, 6.07) is 10.1. The van der Waals surface area contributed by atoms with Crippen molar-refractivity contribution in [3.8, 4) is 0 Å². The van der Waals surface area contributed by atoms with Crippen LogP contribution in [0.25, 0.3) is 0 Å². The van der Waals surface area contributed by atoms with Crippen molar-refractivity contribution in [3.05, 3.63) is 53.3 Å². The van der Waals surface area contributed by atoms with Gasteiger partial charge in [-0.25, -0.2) is 9.78 Å². The number of hydrogen-bond donors (Lipinski definition) is 2. The molecule has 0 atom stereocenters. The van der Waals surface area contributed by atoms with Crippen molar-refractivity contribution in [1.82, 2.24) is 20.1 Å². The number of amides is 3. The van der Waals surface area contributed by atoms with Gasteiger partial charge in [0, 0.05) is 57.6 Å². The second-order valence-corrected chi connectivity index (χ2v) is 8.86. The number of nitrogens with zero attached hydrogens (tertiary/aromatic N) is 4. The molecule has 0 spiro atoms. The highest BCUT2D eigenvalue weighted by atomic mass is 16.2. The molecule has 3 amide bonds. The molecule has 0 radical (unpaired) electrons. The summed E-state index contributed by atoms with van der Waals surface area (Å²) in [5.74, 6) is -0.173. The van der Waals surface area contributed by atoms with Gasteiger partial charge in [0.05, 0.1) is 17.4 Å². The Kier molecular flexibility index (Phi) is 6.06. The molecule has 1 saturated heterocycles. The standard InChI is InChI=1S/C24H32N6O2/c1-5-30-23(32)27-21-14-17(6-8-19(21)24(30,2)3)16-28-10-12-29(13-11-28)18-7-9-20(26-15-18)22(31)25-4/h6-9,14-15H,5,10-13,16H2,1-4H3,(H,25,31)(H,27,32). The maximum absolute atomic E-state index is 12.5. The summed E-state index contributed by atoms with van der Waals surface area (Å²) in [6.45, 7) is 11.4. The van der Waals surface area contributed by atoms with E-state index in [1.807, 2.05) is 17.9 Å². The van der Waals surface area contributed by atoms with Crippen molar-refractivity contribution in [2.45, 2.75) is 32.9 Å². The maximum atomic E-state index is 12.5. The Morgan fingerprint density at radius 3 is 2.53 bits per heavy atom. The predicted octanol–water partition coefficient (Wildman–Crippen LogP) is 2.87. The number of nitrogens with one attached hydrogen (secondary N) is 2. The van der Waals surface area contributed by atoms with E-state index in [0.717, 1.165) is 49.7 Å². The van der Waals surface area contributed by atoms with E-state index in [9.17, 15) is 9.59 Å². The monoisotopic (exact) mass is 436 g/mol. The molecule has 1 aromatic heterocycles. The topological polar surface area (TPSA) is 80.8 Å². The third kappa shape index (κ3) is 4.14. The third-order valence-corrected chi connectivity index (χ3v) is 6.57. The van der Waals surface area contributed by atoms with Crippen molar-refractivity contribution in [3.63, 3.8) is 0 Å². The average molecular weight is 437 g/mol. The number of urea groups is 1. The van der Waals surface area contributed by atoms with E-state index in [1.54, 1.807) is 19.3 Å². The van der Waals surface area contributed by atoms with Crippen molar-refractivity contribution in [1.29, 1.82) is 0 Å². The maximum Gasteiger partial charge on any atom is 0.322 e. The van der Waals surface area contributed by atoms with Gasteiger partial charge in [-0.2, -0.15) is 0 Å². The molecule has 4 rings (SSSR count). The summed E-state index contributed by atoms with van der Waals surface area (Å²) in [5, 5.41) is 5.66. The first-order chi connectivity index (χ1) is 15.3. The number of carbonyl (C=O) groups is 2. The van der Waals surface area contributed by atoms with Gasteiger partial charge in [-0.05, 0) is 44.5 Å². The number of fused-ring (bicyclic) bond motifs is 1. The lowest BCUT2D eigenvalue weighted by Gasteiger charge is -2.43. The zero-order chi connectivity index (χ0) is 22.9. The molecular weight excluding hydrogens is 404 g/mol. The fraction of sp³-hybridized carbons (Fsp3) is 0.458. The van der Waals surface area contributed by atoms with E-state index in [-0.39, 0.29) is 17.5 Å². The molecule has 8 nitrogen and oxygen atoms in total. The molecule has 8 heteroatoms. The van der Waals surface area contributed by atoms with Crippen LogP contribution < -0.4 is 15.5 Å². The fourth-order valence-electron chi connectivity index (χ4n) is 4.71. The van der Waals surface area contributed by atoms with Crippen molar-refractivity contribution >= 4 is 23.3 Å². The van der Waals surface area contributed by atoms with Crippen molar-refractivity contribution < 1.29 is 9.59 Å². The number of piperazine rings is 1.